The summed E-state index contributed by atoms with van der Waals surface area (Å²) in [6, 6.07) is 14.9. The maximum Gasteiger partial charge on any atom is 0.308 e. The number of aliphatic carboxylic acids is 1. The predicted molar refractivity (Wildman–Crippen MR) is 108 cm³/mol. The van der Waals surface area contributed by atoms with E-state index in [4.69, 9.17) is 4.74 Å². The number of hydrogen-bond acceptors (Lipinski definition) is 3. The van der Waals surface area contributed by atoms with Gasteiger partial charge in [-0.2, -0.15) is 0 Å². The lowest BCUT2D eigenvalue weighted by atomic mass is 9.99. The van der Waals surface area contributed by atoms with Gasteiger partial charge in [0.25, 0.3) is 5.91 Å². The third-order valence-corrected chi connectivity index (χ3v) is 4.70. The first kappa shape index (κ1) is 19.5. The Balaban J connectivity index is 1.68. The van der Waals surface area contributed by atoms with E-state index in [1.54, 1.807) is 0 Å². The van der Waals surface area contributed by atoms with Crippen LogP contribution in [0.1, 0.15) is 28.5 Å². The lowest BCUT2D eigenvalue weighted by Crippen LogP contribution is -2.34. The number of hydrogen-bond donors (Lipinski definition) is 3. The molecule has 0 radical (unpaired) electrons. The van der Waals surface area contributed by atoms with Crippen LogP contribution in [0.25, 0.3) is 10.9 Å². The summed E-state index contributed by atoms with van der Waals surface area (Å²) in [4.78, 5) is 27.6. The zero-order chi connectivity index (χ0) is 20.1. The highest BCUT2D eigenvalue weighted by atomic mass is 16.5. The number of carbonyl (C=O) groups is 2. The first-order valence-corrected chi connectivity index (χ1v) is 9.29. The van der Waals surface area contributed by atoms with Crippen LogP contribution in [0.4, 0.5) is 0 Å². The van der Waals surface area contributed by atoms with Crippen LogP contribution < -0.4 is 10.1 Å². The number of carboxylic acids is 1. The average molecular weight is 380 g/mol. The summed E-state index contributed by atoms with van der Waals surface area (Å²) in [5, 5.41) is 13.2. The van der Waals surface area contributed by atoms with Crippen LogP contribution in [0.5, 0.6) is 5.75 Å². The second-order valence-corrected chi connectivity index (χ2v) is 6.70. The molecule has 1 atom stereocenters. The zero-order valence-electron chi connectivity index (χ0n) is 16.0. The second-order valence-electron chi connectivity index (χ2n) is 6.70. The van der Waals surface area contributed by atoms with Crippen LogP contribution in [-0.4, -0.2) is 35.1 Å². The number of benzene rings is 2. The van der Waals surface area contributed by atoms with Crippen molar-refractivity contribution in [3.05, 3.63) is 65.4 Å². The number of carboxylic acid groups (broad SMARTS) is 1. The topological polar surface area (TPSA) is 91.4 Å². The van der Waals surface area contributed by atoms with Gasteiger partial charge in [0.2, 0.25) is 0 Å². The van der Waals surface area contributed by atoms with E-state index < -0.39 is 11.9 Å². The molecule has 3 N–H and O–H groups in total. The van der Waals surface area contributed by atoms with Crippen LogP contribution in [0, 0.1) is 12.8 Å². The van der Waals surface area contributed by atoms with Crippen molar-refractivity contribution in [2.75, 3.05) is 13.2 Å². The Morgan fingerprint density at radius 1 is 1.14 bits per heavy atom. The summed E-state index contributed by atoms with van der Waals surface area (Å²) in [7, 11) is 0. The van der Waals surface area contributed by atoms with E-state index in [1.807, 2.05) is 62.4 Å². The number of fused-ring (bicyclic) bond motifs is 1. The molecule has 1 unspecified atom stereocenters. The van der Waals surface area contributed by atoms with E-state index in [1.165, 1.54) is 0 Å². The molecule has 0 fully saturated rings. The van der Waals surface area contributed by atoms with Crippen molar-refractivity contribution in [2.45, 2.75) is 20.3 Å². The summed E-state index contributed by atoms with van der Waals surface area (Å²) in [5.41, 5.74) is 3.08. The molecular formula is C22H24N2O4. The monoisotopic (exact) mass is 380 g/mol. The van der Waals surface area contributed by atoms with Crippen molar-refractivity contribution in [2.24, 2.45) is 5.92 Å². The zero-order valence-corrected chi connectivity index (χ0v) is 16.0. The second kappa shape index (κ2) is 8.61. The average Bonchev–Trinajstić information content (AvgIpc) is 3.02. The van der Waals surface area contributed by atoms with Crippen molar-refractivity contribution in [3.8, 4) is 5.75 Å². The van der Waals surface area contributed by atoms with Crippen LogP contribution in [0.2, 0.25) is 0 Å². The van der Waals surface area contributed by atoms with E-state index in [0.29, 0.717) is 18.6 Å². The molecule has 28 heavy (non-hydrogen) atoms. The van der Waals surface area contributed by atoms with Crippen LogP contribution >= 0.6 is 0 Å². The number of amides is 1. The standard InChI is InChI=1S/C22H24N2O4/c1-3-28-17-10-8-15(9-11-17)12-16(22(26)27)13-23-21(25)20-14(2)24-19-7-5-4-6-18(19)20/h4-11,16,24H,3,12-13H2,1-2H3,(H,23,25)(H,26,27). The Morgan fingerprint density at radius 2 is 1.86 bits per heavy atom. The Hall–Kier alpha value is -3.28. The number of H-pyrrole nitrogens is 1. The van der Waals surface area contributed by atoms with E-state index in [-0.39, 0.29) is 12.5 Å². The smallest absolute Gasteiger partial charge is 0.308 e. The molecule has 6 heteroatoms. The minimum absolute atomic E-state index is 0.0559. The molecule has 0 saturated heterocycles. The predicted octanol–water partition coefficient (Wildman–Crippen LogP) is 3.55. The lowest BCUT2D eigenvalue weighted by Gasteiger charge is -2.14. The highest BCUT2D eigenvalue weighted by Gasteiger charge is 2.21. The molecule has 1 aromatic heterocycles. The third-order valence-electron chi connectivity index (χ3n) is 4.70. The molecule has 1 heterocycles. The highest BCUT2D eigenvalue weighted by Crippen LogP contribution is 2.22. The van der Waals surface area contributed by atoms with Crippen LogP contribution in [-0.2, 0) is 11.2 Å². The van der Waals surface area contributed by atoms with Crippen molar-refractivity contribution in [1.29, 1.82) is 0 Å². The van der Waals surface area contributed by atoms with E-state index in [0.717, 1.165) is 27.9 Å². The Kier molecular flexibility index (Phi) is 5.99. The maximum absolute atomic E-state index is 12.7. The summed E-state index contributed by atoms with van der Waals surface area (Å²) in [5.74, 6) is -1.17. The Morgan fingerprint density at radius 3 is 2.54 bits per heavy atom. The molecule has 6 nitrogen and oxygen atoms in total. The first-order valence-electron chi connectivity index (χ1n) is 9.29. The fourth-order valence-corrected chi connectivity index (χ4v) is 3.29. The van der Waals surface area contributed by atoms with Gasteiger partial charge in [-0.3, -0.25) is 9.59 Å². The maximum atomic E-state index is 12.7. The molecular weight excluding hydrogens is 356 g/mol. The summed E-state index contributed by atoms with van der Waals surface area (Å²) < 4.78 is 5.40. The number of aromatic nitrogens is 1. The van der Waals surface area contributed by atoms with Gasteiger partial charge in [-0.1, -0.05) is 30.3 Å². The number of aromatic amines is 1. The van der Waals surface area contributed by atoms with Gasteiger partial charge >= 0.3 is 5.97 Å². The van der Waals surface area contributed by atoms with Gasteiger partial charge in [0.1, 0.15) is 5.75 Å². The molecule has 3 rings (SSSR count). The fourth-order valence-electron chi connectivity index (χ4n) is 3.29. The molecule has 0 bridgehead atoms. The summed E-state index contributed by atoms with van der Waals surface area (Å²) in [6.45, 7) is 4.38. The summed E-state index contributed by atoms with van der Waals surface area (Å²) in [6.07, 6.45) is 0.328. The molecule has 0 aliphatic heterocycles. The number of aryl methyl sites for hydroxylation is 1. The van der Waals surface area contributed by atoms with Gasteiger partial charge in [-0.15, -0.1) is 0 Å². The van der Waals surface area contributed by atoms with E-state index >= 15 is 0 Å². The minimum Gasteiger partial charge on any atom is -0.494 e. The van der Waals surface area contributed by atoms with Gasteiger partial charge in [0.05, 0.1) is 18.1 Å². The number of carbonyl (C=O) groups excluding carboxylic acids is 1. The normalized spacial score (nSPS) is 11.9. The van der Waals surface area contributed by atoms with E-state index in [9.17, 15) is 14.7 Å². The number of para-hydroxylation sites is 1. The molecule has 2 aromatic carbocycles. The van der Waals surface area contributed by atoms with E-state index in [2.05, 4.69) is 10.3 Å². The Bertz CT molecular complexity index is 976. The number of rotatable bonds is 8. The van der Waals surface area contributed by atoms with Gasteiger partial charge in [-0.05, 0) is 44.0 Å². The quantitative estimate of drug-likeness (QED) is 0.557. The number of nitrogens with one attached hydrogen (secondary N) is 2. The highest BCUT2D eigenvalue weighted by molar-refractivity contribution is 6.08. The van der Waals surface area contributed by atoms with Crippen molar-refractivity contribution >= 4 is 22.8 Å². The molecule has 0 aliphatic rings. The number of ether oxygens (including phenoxy) is 1. The van der Waals surface area contributed by atoms with Crippen molar-refractivity contribution < 1.29 is 19.4 Å². The SMILES string of the molecule is CCOc1ccc(CC(CNC(=O)c2c(C)[nH]c3ccccc23)C(=O)O)cc1. The van der Waals surface area contributed by atoms with Crippen LogP contribution in [0.3, 0.4) is 0 Å². The van der Waals surface area contributed by atoms with Crippen molar-refractivity contribution in [3.63, 3.8) is 0 Å². The van der Waals surface area contributed by atoms with Crippen molar-refractivity contribution in [1.82, 2.24) is 10.3 Å². The molecule has 0 saturated carbocycles. The molecule has 1 amide bonds. The molecule has 146 valence electrons. The summed E-state index contributed by atoms with van der Waals surface area (Å²) >= 11 is 0. The van der Waals surface area contributed by atoms with Gasteiger partial charge in [-0.25, -0.2) is 0 Å². The fraction of sp³-hybridized carbons (Fsp3) is 0.273. The minimum atomic E-state index is -0.940. The van der Waals surface area contributed by atoms with Crippen LogP contribution in [0.15, 0.2) is 48.5 Å². The Labute approximate surface area is 163 Å². The molecule has 3 aromatic rings. The third kappa shape index (κ3) is 4.34. The largest absolute Gasteiger partial charge is 0.494 e. The first-order chi connectivity index (χ1) is 13.5. The van der Waals surface area contributed by atoms with Gasteiger partial charge < -0.3 is 20.1 Å². The van der Waals surface area contributed by atoms with Gasteiger partial charge in [0.15, 0.2) is 0 Å². The lowest BCUT2D eigenvalue weighted by molar-refractivity contribution is -0.141. The van der Waals surface area contributed by atoms with Gasteiger partial charge in [0, 0.05) is 23.1 Å². The molecule has 0 aliphatic carbocycles. The molecule has 0 spiro atoms.